The van der Waals surface area contributed by atoms with E-state index in [2.05, 4.69) is 0 Å². The second kappa shape index (κ2) is 10.9. The lowest BCUT2D eigenvalue weighted by atomic mass is 10.1. The highest BCUT2D eigenvalue weighted by Crippen LogP contribution is 2.31. The van der Waals surface area contributed by atoms with Gasteiger partial charge in [-0.3, -0.25) is 14.5 Å². The number of hydrogen-bond donors (Lipinski definition) is 0. The Morgan fingerprint density at radius 1 is 0.556 bits per heavy atom. The number of carbonyl (C=O) groups is 2. The molecule has 180 valence electrons. The van der Waals surface area contributed by atoms with Crippen molar-refractivity contribution in [2.24, 2.45) is 0 Å². The lowest BCUT2D eigenvalue weighted by molar-refractivity contribution is 0.0652. The Labute approximate surface area is 210 Å². The van der Waals surface area contributed by atoms with E-state index in [-0.39, 0.29) is 11.8 Å². The number of ether oxygens (including phenoxy) is 2. The van der Waals surface area contributed by atoms with E-state index in [9.17, 15) is 9.59 Å². The Morgan fingerprint density at radius 2 is 1.08 bits per heavy atom. The zero-order chi connectivity index (χ0) is 24.7. The van der Waals surface area contributed by atoms with Crippen LogP contribution < -0.4 is 9.47 Å². The lowest BCUT2D eigenvalue weighted by Gasteiger charge is -2.16. The number of imide groups is 1. The molecule has 5 rings (SSSR count). The molecule has 36 heavy (non-hydrogen) atoms. The molecule has 0 aromatic heterocycles. The summed E-state index contributed by atoms with van der Waals surface area (Å²) >= 11 is 0. The number of aryl methyl sites for hydroxylation is 1. The van der Waals surface area contributed by atoms with Gasteiger partial charge in [-0.05, 0) is 53.8 Å². The summed E-state index contributed by atoms with van der Waals surface area (Å²) in [6.45, 7) is 1.25. The van der Waals surface area contributed by atoms with E-state index in [0.29, 0.717) is 55.2 Å². The molecule has 4 aromatic carbocycles. The first-order valence-corrected chi connectivity index (χ1v) is 12.1. The van der Waals surface area contributed by atoms with Gasteiger partial charge < -0.3 is 9.47 Å². The van der Waals surface area contributed by atoms with Gasteiger partial charge >= 0.3 is 0 Å². The molecule has 0 fully saturated rings. The minimum atomic E-state index is -0.216. The Bertz CT molecular complexity index is 1320. The van der Waals surface area contributed by atoms with Crippen LogP contribution in [-0.4, -0.2) is 23.3 Å². The highest BCUT2D eigenvalue weighted by molar-refractivity contribution is 6.21. The van der Waals surface area contributed by atoms with Gasteiger partial charge in [-0.2, -0.15) is 0 Å². The standard InChI is InChI=1S/C31H27NO4/c33-30-26-15-7-8-16-27(26)31(34)32(30)19-9-14-23-17-18-28(35-21-24-10-3-1-4-11-24)29(20-23)36-22-25-12-5-2-6-13-25/h1-8,10-13,15-18,20H,9,14,19,21-22H2. The molecule has 0 saturated carbocycles. The van der Waals surface area contributed by atoms with E-state index in [1.807, 2.05) is 78.9 Å². The third-order valence-corrected chi connectivity index (χ3v) is 6.21. The summed E-state index contributed by atoms with van der Waals surface area (Å²) in [4.78, 5) is 26.6. The average molecular weight is 478 g/mol. The minimum Gasteiger partial charge on any atom is -0.485 e. The Morgan fingerprint density at radius 3 is 1.67 bits per heavy atom. The number of carbonyl (C=O) groups excluding carboxylic acids is 2. The van der Waals surface area contributed by atoms with Gasteiger partial charge in [0.15, 0.2) is 11.5 Å². The summed E-state index contributed by atoms with van der Waals surface area (Å²) in [7, 11) is 0. The molecule has 4 aromatic rings. The highest BCUT2D eigenvalue weighted by atomic mass is 16.5. The molecule has 0 radical (unpaired) electrons. The second-order valence-electron chi connectivity index (χ2n) is 8.74. The van der Waals surface area contributed by atoms with Crippen molar-refractivity contribution in [3.63, 3.8) is 0 Å². The van der Waals surface area contributed by atoms with Crippen molar-refractivity contribution in [1.29, 1.82) is 0 Å². The first-order chi connectivity index (χ1) is 17.7. The molecule has 0 N–H and O–H groups in total. The van der Waals surface area contributed by atoms with Crippen molar-refractivity contribution in [2.45, 2.75) is 26.1 Å². The van der Waals surface area contributed by atoms with Crippen molar-refractivity contribution in [2.75, 3.05) is 6.54 Å². The molecule has 1 aliphatic heterocycles. The van der Waals surface area contributed by atoms with Crippen molar-refractivity contribution in [1.82, 2.24) is 4.90 Å². The molecule has 2 amide bonds. The fourth-order valence-electron chi connectivity index (χ4n) is 4.29. The van der Waals surface area contributed by atoms with Crippen LogP contribution in [0.15, 0.2) is 103 Å². The van der Waals surface area contributed by atoms with Crippen LogP contribution in [0.5, 0.6) is 11.5 Å². The first kappa shape index (κ1) is 23.4. The lowest BCUT2D eigenvalue weighted by Crippen LogP contribution is -2.30. The third kappa shape index (κ3) is 5.31. The quantitative estimate of drug-likeness (QED) is 0.260. The fourth-order valence-corrected chi connectivity index (χ4v) is 4.29. The highest BCUT2D eigenvalue weighted by Gasteiger charge is 2.34. The summed E-state index contributed by atoms with van der Waals surface area (Å²) < 4.78 is 12.3. The summed E-state index contributed by atoms with van der Waals surface area (Å²) in [5.74, 6) is 0.922. The van der Waals surface area contributed by atoms with Crippen LogP contribution >= 0.6 is 0 Å². The van der Waals surface area contributed by atoms with Crippen LogP contribution in [0, 0.1) is 0 Å². The predicted octanol–water partition coefficient (Wildman–Crippen LogP) is 6.07. The van der Waals surface area contributed by atoms with E-state index in [1.54, 1.807) is 24.3 Å². The van der Waals surface area contributed by atoms with E-state index in [4.69, 9.17) is 9.47 Å². The topological polar surface area (TPSA) is 55.8 Å². The number of nitrogens with zero attached hydrogens (tertiary/aromatic N) is 1. The number of fused-ring (bicyclic) bond motifs is 1. The third-order valence-electron chi connectivity index (χ3n) is 6.21. The van der Waals surface area contributed by atoms with E-state index in [0.717, 1.165) is 16.7 Å². The molecule has 1 heterocycles. The van der Waals surface area contributed by atoms with Crippen LogP contribution in [0.25, 0.3) is 0 Å². The van der Waals surface area contributed by atoms with Gasteiger partial charge in [0.25, 0.3) is 11.8 Å². The van der Waals surface area contributed by atoms with Gasteiger partial charge in [-0.25, -0.2) is 0 Å². The molecule has 5 heteroatoms. The zero-order valence-electron chi connectivity index (χ0n) is 19.9. The summed E-state index contributed by atoms with van der Waals surface area (Å²) in [5.41, 5.74) is 4.18. The zero-order valence-corrected chi connectivity index (χ0v) is 19.9. The molecule has 0 atom stereocenters. The Kier molecular flexibility index (Phi) is 7.08. The maximum Gasteiger partial charge on any atom is 0.261 e. The summed E-state index contributed by atoms with van der Waals surface area (Å²) in [6.07, 6.45) is 1.36. The summed E-state index contributed by atoms with van der Waals surface area (Å²) in [5, 5.41) is 0. The number of rotatable bonds is 10. The van der Waals surface area contributed by atoms with Gasteiger partial charge in [-0.1, -0.05) is 78.9 Å². The van der Waals surface area contributed by atoms with Crippen molar-refractivity contribution in [3.05, 3.63) is 131 Å². The number of amides is 2. The number of benzene rings is 4. The molecule has 0 aliphatic carbocycles. The van der Waals surface area contributed by atoms with Crippen LogP contribution in [-0.2, 0) is 19.6 Å². The van der Waals surface area contributed by atoms with Gasteiger partial charge in [0.05, 0.1) is 11.1 Å². The Hall–Kier alpha value is -4.38. The number of hydrogen-bond acceptors (Lipinski definition) is 4. The monoisotopic (exact) mass is 477 g/mol. The minimum absolute atomic E-state index is 0.216. The average Bonchev–Trinajstić information content (AvgIpc) is 3.17. The molecule has 0 spiro atoms. The molecular weight excluding hydrogens is 450 g/mol. The van der Waals surface area contributed by atoms with Crippen LogP contribution in [0.1, 0.15) is 43.8 Å². The molecule has 0 unspecified atom stereocenters. The van der Waals surface area contributed by atoms with Gasteiger partial charge in [0.2, 0.25) is 0 Å². The summed E-state index contributed by atoms with van der Waals surface area (Å²) in [6, 6.07) is 32.9. The van der Waals surface area contributed by atoms with Crippen LogP contribution in [0.2, 0.25) is 0 Å². The smallest absolute Gasteiger partial charge is 0.261 e. The SMILES string of the molecule is O=C1c2ccccc2C(=O)N1CCCc1ccc(OCc2ccccc2)c(OCc2ccccc2)c1. The molecule has 0 saturated heterocycles. The van der Waals surface area contributed by atoms with Crippen LogP contribution in [0.3, 0.4) is 0 Å². The van der Waals surface area contributed by atoms with Gasteiger partial charge in [0.1, 0.15) is 13.2 Å². The van der Waals surface area contributed by atoms with Gasteiger partial charge in [-0.15, -0.1) is 0 Å². The normalized spacial score (nSPS) is 12.5. The molecular formula is C31H27NO4. The Balaban J connectivity index is 1.25. The molecule has 1 aliphatic rings. The maximum atomic E-state index is 12.6. The van der Waals surface area contributed by atoms with Gasteiger partial charge in [0, 0.05) is 6.54 Å². The van der Waals surface area contributed by atoms with E-state index < -0.39 is 0 Å². The van der Waals surface area contributed by atoms with E-state index >= 15 is 0 Å². The molecule has 0 bridgehead atoms. The van der Waals surface area contributed by atoms with Crippen LogP contribution in [0.4, 0.5) is 0 Å². The molecule has 5 nitrogen and oxygen atoms in total. The predicted molar refractivity (Wildman–Crippen MR) is 138 cm³/mol. The van der Waals surface area contributed by atoms with Crippen molar-refractivity contribution >= 4 is 11.8 Å². The van der Waals surface area contributed by atoms with E-state index in [1.165, 1.54) is 4.90 Å². The maximum absolute atomic E-state index is 12.6. The largest absolute Gasteiger partial charge is 0.485 e. The fraction of sp³-hybridized carbons (Fsp3) is 0.161. The second-order valence-corrected chi connectivity index (χ2v) is 8.74. The van der Waals surface area contributed by atoms with Crippen molar-refractivity contribution < 1.29 is 19.1 Å². The first-order valence-electron chi connectivity index (χ1n) is 12.1. The van der Waals surface area contributed by atoms with Crippen molar-refractivity contribution in [3.8, 4) is 11.5 Å².